The molecule has 0 unspecified atom stereocenters. The summed E-state index contributed by atoms with van der Waals surface area (Å²) in [4.78, 5) is 13.4. The molecule has 2 rings (SSSR count). The number of nitrogen functional groups attached to an aromatic ring is 1. The van der Waals surface area contributed by atoms with Crippen LogP contribution < -0.4 is 16.4 Å². The standard InChI is InChI=1S/C13H19N3O/c1-9-4-6-16(7-5-9)12-8-10(13(15)17)2-3-11(12)14/h2-3,8-9H,4-7,14H2,1H3,(H2,15,17). The second-order valence-corrected chi connectivity index (χ2v) is 4.81. The van der Waals surface area contributed by atoms with Crippen molar-refractivity contribution in [1.82, 2.24) is 0 Å². The third kappa shape index (κ3) is 2.52. The maximum Gasteiger partial charge on any atom is 0.248 e. The molecular formula is C13H19N3O. The Balaban J connectivity index is 2.25. The molecule has 0 radical (unpaired) electrons. The van der Waals surface area contributed by atoms with Crippen molar-refractivity contribution in [3.05, 3.63) is 23.8 Å². The number of carbonyl (C=O) groups is 1. The molecule has 1 aromatic carbocycles. The van der Waals surface area contributed by atoms with Gasteiger partial charge in [0.25, 0.3) is 0 Å². The van der Waals surface area contributed by atoms with E-state index in [2.05, 4.69) is 11.8 Å². The minimum Gasteiger partial charge on any atom is -0.397 e. The van der Waals surface area contributed by atoms with E-state index in [0.29, 0.717) is 11.3 Å². The predicted octanol–water partition coefficient (Wildman–Crippen LogP) is 1.60. The van der Waals surface area contributed by atoms with Crippen LogP contribution in [-0.4, -0.2) is 19.0 Å². The van der Waals surface area contributed by atoms with E-state index in [4.69, 9.17) is 11.5 Å². The number of benzene rings is 1. The normalized spacial score (nSPS) is 17.1. The van der Waals surface area contributed by atoms with Crippen molar-refractivity contribution in [1.29, 1.82) is 0 Å². The molecule has 0 aromatic heterocycles. The van der Waals surface area contributed by atoms with Gasteiger partial charge in [0.05, 0.1) is 11.4 Å². The first-order valence-corrected chi connectivity index (χ1v) is 6.02. The van der Waals surface area contributed by atoms with E-state index >= 15 is 0 Å². The van der Waals surface area contributed by atoms with Gasteiger partial charge in [-0.05, 0) is 37.0 Å². The molecule has 1 aliphatic heterocycles. The number of amides is 1. The highest BCUT2D eigenvalue weighted by atomic mass is 16.1. The lowest BCUT2D eigenvalue weighted by atomic mass is 9.98. The second-order valence-electron chi connectivity index (χ2n) is 4.81. The third-order valence-corrected chi connectivity index (χ3v) is 3.44. The fourth-order valence-corrected chi connectivity index (χ4v) is 2.22. The van der Waals surface area contributed by atoms with E-state index in [9.17, 15) is 4.79 Å². The molecule has 1 fully saturated rings. The molecular weight excluding hydrogens is 214 g/mol. The zero-order chi connectivity index (χ0) is 12.4. The first-order valence-electron chi connectivity index (χ1n) is 6.02. The Hall–Kier alpha value is -1.71. The van der Waals surface area contributed by atoms with Crippen molar-refractivity contribution in [3.8, 4) is 0 Å². The lowest BCUT2D eigenvalue weighted by molar-refractivity contribution is 0.100. The van der Waals surface area contributed by atoms with Crippen molar-refractivity contribution in [2.24, 2.45) is 11.7 Å². The molecule has 1 heterocycles. The number of nitrogens with zero attached hydrogens (tertiary/aromatic N) is 1. The van der Waals surface area contributed by atoms with E-state index in [1.165, 1.54) is 12.8 Å². The van der Waals surface area contributed by atoms with E-state index in [1.54, 1.807) is 18.2 Å². The minimum absolute atomic E-state index is 0.406. The molecule has 1 saturated heterocycles. The van der Waals surface area contributed by atoms with Crippen molar-refractivity contribution < 1.29 is 4.79 Å². The van der Waals surface area contributed by atoms with E-state index in [1.807, 2.05) is 0 Å². The molecule has 1 aromatic rings. The average molecular weight is 233 g/mol. The largest absolute Gasteiger partial charge is 0.397 e. The van der Waals surface area contributed by atoms with Crippen LogP contribution >= 0.6 is 0 Å². The smallest absolute Gasteiger partial charge is 0.248 e. The molecule has 4 heteroatoms. The number of anilines is 2. The van der Waals surface area contributed by atoms with Crippen molar-refractivity contribution in [2.45, 2.75) is 19.8 Å². The van der Waals surface area contributed by atoms with Crippen LogP contribution in [-0.2, 0) is 0 Å². The molecule has 92 valence electrons. The number of hydrogen-bond donors (Lipinski definition) is 2. The Bertz CT molecular complexity index is 423. The molecule has 0 atom stereocenters. The van der Waals surface area contributed by atoms with Crippen LogP contribution in [0.4, 0.5) is 11.4 Å². The minimum atomic E-state index is -0.406. The van der Waals surface area contributed by atoms with Gasteiger partial charge in [0, 0.05) is 18.7 Å². The van der Waals surface area contributed by atoms with Gasteiger partial charge in [0.1, 0.15) is 0 Å². The lowest BCUT2D eigenvalue weighted by Gasteiger charge is -2.33. The number of primary amides is 1. The van der Waals surface area contributed by atoms with Crippen LogP contribution in [0.1, 0.15) is 30.1 Å². The van der Waals surface area contributed by atoms with Gasteiger partial charge in [0.15, 0.2) is 0 Å². The number of piperidine rings is 1. The zero-order valence-corrected chi connectivity index (χ0v) is 10.1. The van der Waals surface area contributed by atoms with Gasteiger partial charge in [-0.3, -0.25) is 4.79 Å². The first kappa shape index (κ1) is 11.8. The lowest BCUT2D eigenvalue weighted by Crippen LogP contribution is -2.33. The Labute approximate surface area is 102 Å². The topological polar surface area (TPSA) is 72.3 Å². The Kier molecular flexibility index (Phi) is 3.22. The highest BCUT2D eigenvalue weighted by Crippen LogP contribution is 2.28. The highest BCUT2D eigenvalue weighted by Gasteiger charge is 2.18. The summed E-state index contributed by atoms with van der Waals surface area (Å²) in [6, 6.07) is 5.23. The maximum atomic E-state index is 11.2. The van der Waals surface area contributed by atoms with Crippen LogP contribution in [0.2, 0.25) is 0 Å². The molecule has 0 saturated carbocycles. The zero-order valence-electron chi connectivity index (χ0n) is 10.1. The van der Waals surface area contributed by atoms with Crippen LogP contribution in [0.5, 0.6) is 0 Å². The molecule has 1 amide bonds. The molecule has 0 aliphatic carbocycles. The van der Waals surface area contributed by atoms with E-state index in [0.717, 1.165) is 24.7 Å². The summed E-state index contributed by atoms with van der Waals surface area (Å²) in [6.07, 6.45) is 2.33. The van der Waals surface area contributed by atoms with Crippen LogP contribution in [0.25, 0.3) is 0 Å². The van der Waals surface area contributed by atoms with Crippen molar-refractivity contribution in [2.75, 3.05) is 23.7 Å². The molecule has 4 nitrogen and oxygen atoms in total. The quantitative estimate of drug-likeness (QED) is 0.762. The number of carbonyl (C=O) groups excluding carboxylic acids is 1. The Morgan fingerprint density at radius 3 is 2.59 bits per heavy atom. The average Bonchev–Trinajstić information content (AvgIpc) is 2.31. The number of rotatable bonds is 2. The SMILES string of the molecule is CC1CCN(c2cc(C(N)=O)ccc2N)CC1. The van der Waals surface area contributed by atoms with Gasteiger partial charge in [-0.25, -0.2) is 0 Å². The van der Waals surface area contributed by atoms with Crippen LogP contribution in [0, 0.1) is 5.92 Å². The summed E-state index contributed by atoms with van der Waals surface area (Å²) in [5.74, 6) is 0.364. The summed E-state index contributed by atoms with van der Waals surface area (Å²) in [7, 11) is 0. The number of nitrogens with two attached hydrogens (primary N) is 2. The molecule has 1 aliphatic rings. The Morgan fingerprint density at radius 1 is 1.35 bits per heavy atom. The highest BCUT2D eigenvalue weighted by molar-refractivity contribution is 5.95. The predicted molar refractivity (Wildman–Crippen MR) is 70.0 cm³/mol. The van der Waals surface area contributed by atoms with Crippen LogP contribution in [0.3, 0.4) is 0 Å². The van der Waals surface area contributed by atoms with Gasteiger partial charge in [0.2, 0.25) is 5.91 Å². The summed E-state index contributed by atoms with van der Waals surface area (Å²) in [5, 5.41) is 0. The summed E-state index contributed by atoms with van der Waals surface area (Å²) < 4.78 is 0. The molecule has 17 heavy (non-hydrogen) atoms. The third-order valence-electron chi connectivity index (χ3n) is 3.44. The first-order chi connectivity index (χ1) is 8.08. The Morgan fingerprint density at radius 2 is 2.00 bits per heavy atom. The monoisotopic (exact) mass is 233 g/mol. The fourth-order valence-electron chi connectivity index (χ4n) is 2.22. The van der Waals surface area contributed by atoms with Crippen molar-refractivity contribution >= 4 is 17.3 Å². The van der Waals surface area contributed by atoms with Crippen molar-refractivity contribution in [3.63, 3.8) is 0 Å². The molecule has 0 bridgehead atoms. The van der Waals surface area contributed by atoms with Gasteiger partial charge in [-0.2, -0.15) is 0 Å². The van der Waals surface area contributed by atoms with Gasteiger partial charge in [-0.15, -0.1) is 0 Å². The summed E-state index contributed by atoms with van der Waals surface area (Å²) in [6.45, 7) is 4.25. The van der Waals surface area contributed by atoms with Gasteiger partial charge < -0.3 is 16.4 Å². The van der Waals surface area contributed by atoms with Gasteiger partial charge >= 0.3 is 0 Å². The maximum absolute atomic E-state index is 11.2. The van der Waals surface area contributed by atoms with Gasteiger partial charge in [-0.1, -0.05) is 6.92 Å². The molecule has 4 N–H and O–H groups in total. The summed E-state index contributed by atoms with van der Waals surface area (Å²) in [5.41, 5.74) is 13.4. The second kappa shape index (κ2) is 4.65. The molecule has 0 spiro atoms. The summed E-state index contributed by atoms with van der Waals surface area (Å²) >= 11 is 0. The number of hydrogen-bond acceptors (Lipinski definition) is 3. The van der Waals surface area contributed by atoms with E-state index in [-0.39, 0.29) is 0 Å². The fraction of sp³-hybridized carbons (Fsp3) is 0.462. The van der Waals surface area contributed by atoms with E-state index < -0.39 is 5.91 Å². The van der Waals surface area contributed by atoms with Crippen LogP contribution in [0.15, 0.2) is 18.2 Å².